The summed E-state index contributed by atoms with van der Waals surface area (Å²) in [6.07, 6.45) is 0. The third-order valence-electron chi connectivity index (χ3n) is 2.20. The van der Waals surface area contributed by atoms with Gasteiger partial charge in [0.25, 0.3) is 0 Å². The van der Waals surface area contributed by atoms with Crippen LogP contribution in [-0.2, 0) is 10.1 Å². The van der Waals surface area contributed by atoms with E-state index in [1.54, 1.807) is 0 Å². The van der Waals surface area contributed by atoms with Gasteiger partial charge in [-0.05, 0) is 36.4 Å². The summed E-state index contributed by atoms with van der Waals surface area (Å²) in [6, 6.07) is 7.71. The second kappa shape index (κ2) is 5.14. The number of benzene rings is 2. The van der Waals surface area contributed by atoms with Crippen LogP contribution in [0.3, 0.4) is 0 Å². The lowest BCUT2D eigenvalue weighted by Gasteiger charge is -2.07. The maximum atomic E-state index is 12.9. The summed E-state index contributed by atoms with van der Waals surface area (Å²) >= 11 is 5.63. The van der Waals surface area contributed by atoms with Crippen molar-refractivity contribution in [2.45, 2.75) is 4.90 Å². The van der Waals surface area contributed by atoms with Gasteiger partial charge < -0.3 is 4.18 Å². The standard InChI is InChI=1S/C12H7ClF2O3S/c13-8-1-4-10(5-2-8)19(16,17)18-9-3-6-11(14)12(15)7-9/h1-7H. The Bertz CT molecular complexity index is 699. The van der Waals surface area contributed by atoms with E-state index >= 15 is 0 Å². The Morgan fingerprint density at radius 2 is 1.58 bits per heavy atom. The Hall–Kier alpha value is -1.66. The number of halogens is 3. The zero-order valence-electron chi connectivity index (χ0n) is 9.31. The van der Waals surface area contributed by atoms with Crippen LogP contribution < -0.4 is 4.18 Å². The quantitative estimate of drug-likeness (QED) is 0.816. The summed E-state index contributed by atoms with van der Waals surface area (Å²) < 4.78 is 54.0. The SMILES string of the molecule is O=S(=O)(Oc1ccc(F)c(F)c1)c1ccc(Cl)cc1. The van der Waals surface area contributed by atoms with Gasteiger partial charge in [0.15, 0.2) is 11.6 Å². The Kier molecular flexibility index (Phi) is 3.73. The van der Waals surface area contributed by atoms with E-state index in [4.69, 9.17) is 11.6 Å². The molecule has 19 heavy (non-hydrogen) atoms. The molecule has 0 aromatic heterocycles. The van der Waals surface area contributed by atoms with Crippen molar-refractivity contribution in [3.05, 3.63) is 59.1 Å². The van der Waals surface area contributed by atoms with E-state index in [-0.39, 0.29) is 10.6 Å². The molecule has 0 bridgehead atoms. The fourth-order valence-electron chi connectivity index (χ4n) is 1.30. The number of hydrogen-bond acceptors (Lipinski definition) is 3. The molecule has 0 unspecified atom stereocenters. The fraction of sp³-hybridized carbons (Fsp3) is 0. The topological polar surface area (TPSA) is 43.4 Å². The van der Waals surface area contributed by atoms with Crippen LogP contribution in [0.15, 0.2) is 47.4 Å². The first kappa shape index (κ1) is 13.8. The van der Waals surface area contributed by atoms with E-state index in [1.165, 1.54) is 24.3 Å². The summed E-state index contributed by atoms with van der Waals surface area (Å²) in [5, 5.41) is 0.367. The van der Waals surface area contributed by atoms with Crippen molar-refractivity contribution in [3.8, 4) is 5.75 Å². The highest BCUT2D eigenvalue weighted by atomic mass is 35.5. The van der Waals surface area contributed by atoms with E-state index in [0.29, 0.717) is 11.1 Å². The van der Waals surface area contributed by atoms with Gasteiger partial charge in [0, 0.05) is 11.1 Å². The normalized spacial score (nSPS) is 11.3. The van der Waals surface area contributed by atoms with Crippen molar-refractivity contribution >= 4 is 21.7 Å². The van der Waals surface area contributed by atoms with E-state index in [2.05, 4.69) is 4.18 Å². The largest absolute Gasteiger partial charge is 0.379 e. The lowest BCUT2D eigenvalue weighted by molar-refractivity contribution is 0.472. The first-order valence-corrected chi connectivity index (χ1v) is 6.82. The Morgan fingerprint density at radius 1 is 0.947 bits per heavy atom. The van der Waals surface area contributed by atoms with Crippen molar-refractivity contribution in [2.75, 3.05) is 0 Å². The minimum Gasteiger partial charge on any atom is -0.379 e. The molecule has 0 N–H and O–H groups in total. The van der Waals surface area contributed by atoms with Crippen molar-refractivity contribution in [2.24, 2.45) is 0 Å². The second-order valence-corrected chi connectivity index (χ2v) is 5.55. The molecule has 0 aliphatic heterocycles. The molecule has 0 heterocycles. The highest BCUT2D eigenvalue weighted by molar-refractivity contribution is 7.87. The monoisotopic (exact) mass is 304 g/mol. The highest BCUT2D eigenvalue weighted by Gasteiger charge is 2.17. The van der Waals surface area contributed by atoms with Gasteiger partial charge in [-0.2, -0.15) is 8.42 Å². The summed E-state index contributed by atoms with van der Waals surface area (Å²) in [6.45, 7) is 0. The minimum absolute atomic E-state index is 0.137. The van der Waals surface area contributed by atoms with E-state index < -0.39 is 21.8 Å². The van der Waals surface area contributed by atoms with Crippen LogP contribution in [-0.4, -0.2) is 8.42 Å². The maximum Gasteiger partial charge on any atom is 0.339 e. The molecule has 0 aliphatic carbocycles. The molecule has 0 amide bonds. The van der Waals surface area contributed by atoms with Gasteiger partial charge in [-0.15, -0.1) is 0 Å². The molecule has 2 aromatic rings. The zero-order valence-corrected chi connectivity index (χ0v) is 10.9. The van der Waals surface area contributed by atoms with Crippen LogP contribution in [0, 0.1) is 11.6 Å². The van der Waals surface area contributed by atoms with Crippen LogP contribution >= 0.6 is 11.6 Å². The molecule has 0 spiro atoms. The molecule has 0 radical (unpaired) electrons. The van der Waals surface area contributed by atoms with Crippen molar-refractivity contribution in [1.82, 2.24) is 0 Å². The van der Waals surface area contributed by atoms with Crippen molar-refractivity contribution < 1.29 is 21.4 Å². The number of hydrogen-bond donors (Lipinski definition) is 0. The third kappa shape index (κ3) is 3.21. The molecule has 7 heteroatoms. The predicted molar refractivity (Wildman–Crippen MR) is 65.6 cm³/mol. The zero-order chi connectivity index (χ0) is 14.0. The van der Waals surface area contributed by atoms with Crippen molar-refractivity contribution in [3.63, 3.8) is 0 Å². The summed E-state index contributed by atoms with van der Waals surface area (Å²) in [5.41, 5.74) is 0. The van der Waals surface area contributed by atoms with Crippen LogP contribution in [0.4, 0.5) is 8.78 Å². The van der Waals surface area contributed by atoms with Crippen LogP contribution in [0.1, 0.15) is 0 Å². The first-order chi connectivity index (χ1) is 8.88. The van der Waals surface area contributed by atoms with Crippen LogP contribution in [0.5, 0.6) is 5.75 Å². The average molecular weight is 305 g/mol. The van der Waals surface area contributed by atoms with Gasteiger partial charge in [-0.1, -0.05) is 11.6 Å². The molecule has 0 fully saturated rings. The van der Waals surface area contributed by atoms with Gasteiger partial charge in [-0.25, -0.2) is 8.78 Å². The molecule has 3 nitrogen and oxygen atoms in total. The molecule has 2 aromatic carbocycles. The Morgan fingerprint density at radius 3 is 2.16 bits per heavy atom. The van der Waals surface area contributed by atoms with Gasteiger partial charge in [0.05, 0.1) is 0 Å². The summed E-state index contributed by atoms with van der Waals surface area (Å²) in [5.74, 6) is -2.59. The van der Waals surface area contributed by atoms with E-state index in [1.807, 2.05) is 0 Å². The van der Waals surface area contributed by atoms with Crippen molar-refractivity contribution in [1.29, 1.82) is 0 Å². The van der Waals surface area contributed by atoms with Gasteiger partial charge in [0.1, 0.15) is 10.6 Å². The third-order valence-corrected chi connectivity index (χ3v) is 3.71. The van der Waals surface area contributed by atoms with Gasteiger partial charge in [-0.3, -0.25) is 0 Å². The van der Waals surface area contributed by atoms with Gasteiger partial charge in [0.2, 0.25) is 0 Å². The Balaban J connectivity index is 2.30. The lowest BCUT2D eigenvalue weighted by atomic mass is 10.3. The Labute approximate surface area is 113 Å². The highest BCUT2D eigenvalue weighted by Crippen LogP contribution is 2.21. The number of rotatable bonds is 3. The molecule has 100 valence electrons. The molecule has 0 saturated carbocycles. The maximum absolute atomic E-state index is 12.9. The molecule has 2 rings (SSSR count). The van der Waals surface area contributed by atoms with Gasteiger partial charge >= 0.3 is 10.1 Å². The average Bonchev–Trinajstić information content (AvgIpc) is 2.34. The predicted octanol–water partition coefficient (Wildman–Crippen LogP) is 3.39. The van der Waals surface area contributed by atoms with Crippen LogP contribution in [0.25, 0.3) is 0 Å². The molecule has 0 saturated heterocycles. The van der Waals surface area contributed by atoms with E-state index in [9.17, 15) is 17.2 Å². The minimum atomic E-state index is -4.11. The molecular weight excluding hydrogens is 298 g/mol. The molecule has 0 aliphatic rings. The smallest absolute Gasteiger partial charge is 0.339 e. The second-order valence-electron chi connectivity index (χ2n) is 3.57. The molecular formula is C12H7ClF2O3S. The summed E-state index contributed by atoms with van der Waals surface area (Å²) in [4.78, 5) is -0.137. The van der Waals surface area contributed by atoms with Crippen LogP contribution in [0.2, 0.25) is 5.02 Å². The molecule has 0 atom stereocenters. The van der Waals surface area contributed by atoms with E-state index in [0.717, 1.165) is 12.1 Å². The lowest BCUT2D eigenvalue weighted by Crippen LogP contribution is -2.09. The first-order valence-electron chi connectivity index (χ1n) is 5.03. The summed E-state index contributed by atoms with van der Waals surface area (Å²) in [7, 11) is -4.11. The fourth-order valence-corrected chi connectivity index (χ4v) is 2.35.